The van der Waals surface area contributed by atoms with E-state index in [9.17, 15) is 14.9 Å². The van der Waals surface area contributed by atoms with E-state index in [0.717, 1.165) is 20.5 Å². The summed E-state index contributed by atoms with van der Waals surface area (Å²) >= 11 is 4.72. The molecular weight excluding hydrogens is 408 g/mol. The van der Waals surface area contributed by atoms with Gasteiger partial charge in [0.25, 0.3) is 5.69 Å². The standard InChI is InChI=1S/C17H15BrN2O4S/c18-13-1-3-14(4-2-13)25-16-10-12-6-8-19(17(21)22)7-5-11(12)9-15(16)20(23)24/h1-4,9-10H,5-8H2,(H,21,22). The van der Waals surface area contributed by atoms with Crippen LogP contribution in [0.15, 0.2) is 50.7 Å². The van der Waals surface area contributed by atoms with Gasteiger partial charge in [0.15, 0.2) is 0 Å². The maximum atomic E-state index is 11.5. The third kappa shape index (κ3) is 4.13. The summed E-state index contributed by atoms with van der Waals surface area (Å²) in [6, 6.07) is 11.0. The highest BCUT2D eigenvalue weighted by Crippen LogP contribution is 2.38. The highest BCUT2D eigenvalue weighted by atomic mass is 79.9. The molecule has 0 aromatic heterocycles. The Morgan fingerprint density at radius 3 is 2.32 bits per heavy atom. The second-order valence-electron chi connectivity index (χ2n) is 5.67. The van der Waals surface area contributed by atoms with Crippen molar-refractivity contribution in [2.24, 2.45) is 0 Å². The molecule has 1 amide bonds. The van der Waals surface area contributed by atoms with E-state index in [1.165, 1.54) is 16.7 Å². The first-order chi connectivity index (χ1) is 11.9. The summed E-state index contributed by atoms with van der Waals surface area (Å²) in [4.78, 5) is 25.1. The van der Waals surface area contributed by atoms with Crippen LogP contribution in [0.5, 0.6) is 0 Å². The van der Waals surface area contributed by atoms with Gasteiger partial charge in [0.05, 0.1) is 9.82 Å². The molecule has 0 atom stereocenters. The van der Waals surface area contributed by atoms with Gasteiger partial charge in [0.2, 0.25) is 0 Å². The topological polar surface area (TPSA) is 83.7 Å². The molecule has 1 aliphatic rings. The Balaban J connectivity index is 1.94. The highest BCUT2D eigenvalue weighted by Gasteiger charge is 2.23. The molecule has 0 bridgehead atoms. The third-order valence-electron chi connectivity index (χ3n) is 4.09. The zero-order valence-electron chi connectivity index (χ0n) is 13.1. The van der Waals surface area contributed by atoms with Crippen molar-refractivity contribution >= 4 is 39.5 Å². The Labute approximate surface area is 157 Å². The maximum Gasteiger partial charge on any atom is 0.407 e. The first-order valence-corrected chi connectivity index (χ1v) is 9.26. The fourth-order valence-electron chi connectivity index (χ4n) is 2.79. The summed E-state index contributed by atoms with van der Waals surface area (Å²) in [5, 5.41) is 20.7. The summed E-state index contributed by atoms with van der Waals surface area (Å²) in [6.45, 7) is 0.765. The maximum absolute atomic E-state index is 11.5. The lowest BCUT2D eigenvalue weighted by Crippen LogP contribution is -2.31. The van der Waals surface area contributed by atoms with Crippen LogP contribution in [-0.4, -0.2) is 34.1 Å². The summed E-state index contributed by atoms with van der Waals surface area (Å²) in [6.07, 6.45) is 0.103. The molecule has 2 aromatic carbocycles. The average molecular weight is 423 g/mol. The van der Waals surface area contributed by atoms with Crippen LogP contribution in [0.4, 0.5) is 10.5 Å². The summed E-state index contributed by atoms with van der Waals surface area (Å²) in [5.41, 5.74) is 1.90. The molecule has 2 aromatic rings. The minimum absolute atomic E-state index is 0.0652. The average Bonchev–Trinajstić information content (AvgIpc) is 2.78. The number of rotatable bonds is 3. The number of amides is 1. The van der Waals surface area contributed by atoms with Crippen LogP contribution < -0.4 is 0 Å². The van der Waals surface area contributed by atoms with E-state index in [1.807, 2.05) is 30.3 Å². The number of nitro groups is 1. The second kappa shape index (κ2) is 7.45. The molecule has 25 heavy (non-hydrogen) atoms. The van der Waals surface area contributed by atoms with Crippen molar-refractivity contribution in [3.8, 4) is 0 Å². The minimum atomic E-state index is -0.952. The molecule has 6 nitrogen and oxygen atoms in total. The van der Waals surface area contributed by atoms with Gasteiger partial charge in [-0.25, -0.2) is 4.79 Å². The number of hydrogen-bond acceptors (Lipinski definition) is 4. The van der Waals surface area contributed by atoms with Gasteiger partial charge in [-0.05, 0) is 54.3 Å². The highest BCUT2D eigenvalue weighted by molar-refractivity contribution is 9.10. The summed E-state index contributed by atoms with van der Waals surface area (Å²) in [5.74, 6) is 0. The van der Waals surface area contributed by atoms with Crippen molar-refractivity contribution in [1.82, 2.24) is 4.90 Å². The molecule has 0 radical (unpaired) electrons. The van der Waals surface area contributed by atoms with Crippen molar-refractivity contribution in [2.45, 2.75) is 22.6 Å². The Morgan fingerprint density at radius 2 is 1.76 bits per heavy atom. The van der Waals surface area contributed by atoms with Crippen LogP contribution in [0.25, 0.3) is 0 Å². The quantitative estimate of drug-likeness (QED) is 0.577. The number of fused-ring (bicyclic) bond motifs is 1. The summed E-state index contributed by atoms with van der Waals surface area (Å²) in [7, 11) is 0. The van der Waals surface area contributed by atoms with Crippen LogP contribution in [0.2, 0.25) is 0 Å². The van der Waals surface area contributed by atoms with E-state index < -0.39 is 6.09 Å². The second-order valence-corrected chi connectivity index (χ2v) is 7.70. The molecule has 1 N–H and O–H groups in total. The Bertz CT molecular complexity index is 826. The number of nitro benzene ring substituents is 1. The smallest absolute Gasteiger partial charge is 0.407 e. The van der Waals surface area contributed by atoms with Crippen molar-refractivity contribution in [2.75, 3.05) is 13.1 Å². The van der Waals surface area contributed by atoms with Gasteiger partial charge in [0, 0.05) is 28.5 Å². The largest absolute Gasteiger partial charge is 0.465 e. The van der Waals surface area contributed by atoms with E-state index in [4.69, 9.17) is 5.11 Å². The molecule has 0 spiro atoms. The van der Waals surface area contributed by atoms with Crippen molar-refractivity contribution in [3.05, 3.63) is 62.1 Å². The molecule has 3 rings (SSSR count). The van der Waals surface area contributed by atoms with E-state index in [2.05, 4.69) is 15.9 Å². The molecule has 0 saturated heterocycles. The van der Waals surface area contributed by atoms with Crippen molar-refractivity contribution in [3.63, 3.8) is 0 Å². The van der Waals surface area contributed by atoms with Gasteiger partial charge in [-0.3, -0.25) is 10.1 Å². The normalized spacial score (nSPS) is 13.9. The molecule has 0 fully saturated rings. The molecule has 1 heterocycles. The predicted molar refractivity (Wildman–Crippen MR) is 98.4 cm³/mol. The van der Waals surface area contributed by atoms with Gasteiger partial charge in [-0.15, -0.1) is 0 Å². The number of halogens is 1. The van der Waals surface area contributed by atoms with Crippen LogP contribution in [0.3, 0.4) is 0 Å². The molecular formula is C17H15BrN2O4S. The van der Waals surface area contributed by atoms with Crippen LogP contribution in [-0.2, 0) is 12.8 Å². The zero-order valence-corrected chi connectivity index (χ0v) is 15.5. The fraction of sp³-hybridized carbons (Fsp3) is 0.235. The van der Waals surface area contributed by atoms with E-state index >= 15 is 0 Å². The lowest BCUT2D eigenvalue weighted by molar-refractivity contribution is -0.387. The van der Waals surface area contributed by atoms with Crippen LogP contribution in [0, 0.1) is 10.1 Å². The molecule has 130 valence electrons. The van der Waals surface area contributed by atoms with E-state index in [0.29, 0.717) is 30.8 Å². The van der Waals surface area contributed by atoms with Gasteiger partial charge < -0.3 is 10.0 Å². The Kier molecular flexibility index (Phi) is 5.29. The van der Waals surface area contributed by atoms with Crippen LogP contribution >= 0.6 is 27.7 Å². The zero-order chi connectivity index (χ0) is 18.0. The number of benzene rings is 2. The lowest BCUT2D eigenvalue weighted by atomic mass is 10.0. The van der Waals surface area contributed by atoms with Crippen molar-refractivity contribution in [1.29, 1.82) is 0 Å². The molecule has 0 aliphatic carbocycles. The monoisotopic (exact) mass is 422 g/mol. The van der Waals surface area contributed by atoms with Gasteiger partial charge >= 0.3 is 6.09 Å². The Hall–Kier alpha value is -2.06. The number of nitrogens with zero attached hydrogens (tertiary/aromatic N) is 2. The first-order valence-electron chi connectivity index (χ1n) is 7.65. The molecule has 0 saturated carbocycles. The van der Waals surface area contributed by atoms with Crippen molar-refractivity contribution < 1.29 is 14.8 Å². The van der Waals surface area contributed by atoms with Gasteiger partial charge in [-0.2, -0.15) is 0 Å². The van der Waals surface area contributed by atoms with Crippen LogP contribution in [0.1, 0.15) is 11.1 Å². The Morgan fingerprint density at radius 1 is 1.16 bits per heavy atom. The fourth-order valence-corrected chi connectivity index (χ4v) is 4.02. The minimum Gasteiger partial charge on any atom is -0.465 e. The lowest BCUT2D eigenvalue weighted by Gasteiger charge is -2.14. The number of carbonyl (C=O) groups is 1. The molecule has 0 unspecified atom stereocenters. The molecule has 1 aliphatic heterocycles. The predicted octanol–water partition coefficient (Wildman–Crippen LogP) is 4.59. The SMILES string of the molecule is O=C(O)N1CCc2cc(Sc3ccc(Br)cc3)c([N+](=O)[O-])cc2CC1. The number of carboxylic acid groups (broad SMARTS) is 1. The molecule has 8 heteroatoms. The summed E-state index contributed by atoms with van der Waals surface area (Å²) < 4.78 is 0.946. The van der Waals surface area contributed by atoms with E-state index in [1.54, 1.807) is 6.07 Å². The first kappa shape index (κ1) is 17.8. The van der Waals surface area contributed by atoms with E-state index in [-0.39, 0.29) is 10.6 Å². The number of hydrogen-bond donors (Lipinski definition) is 1. The third-order valence-corrected chi connectivity index (χ3v) is 5.68. The van der Waals surface area contributed by atoms with Gasteiger partial charge in [0.1, 0.15) is 0 Å². The van der Waals surface area contributed by atoms with Gasteiger partial charge in [-0.1, -0.05) is 27.7 Å².